The molecular formula is C13H21N5O3. The molecule has 1 heterocycles. The number of rotatable bonds is 8. The molecule has 0 aliphatic rings. The highest BCUT2D eigenvalue weighted by Gasteiger charge is 2.15. The summed E-state index contributed by atoms with van der Waals surface area (Å²) in [4.78, 5) is 28.0. The molecule has 21 heavy (non-hydrogen) atoms. The quantitative estimate of drug-likeness (QED) is 0.555. The van der Waals surface area contributed by atoms with Gasteiger partial charge in [0.1, 0.15) is 11.6 Å². The number of anilines is 2. The molecule has 0 unspecified atom stereocenters. The molecule has 1 rings (SSSR count). The first-order valence-corrected chi connectivity index (χ1v) is 6.86. The summed E-state index contributed by atoms with van der Waals surface area (Å²) in [7, 11) is 1.67. The Morgan fingerprint density at radius 1 is 1.43 bits per heavy atom. The van der Waals surface area contributed by atoms with Crippen LogP contribution in [0.2, 0.25) is 0 Å². The zero-order valence-corrected chi connectivity index (χ0v) is 12.5. The lowest BCUT2D eigenvalue weighted by Gasteiger charge is -2.18. The third-order valence-electron chi connectivity index (χ3n) is 2.71. The molecule has 0 aliphatic carbocycles. The van der Waals surface area contributed by atoms with E-state index >= 15 is 0 Å². The minimum Gasteiger partial charge on any atom is -0.370 e. The molecule has 116 valence electrons. The topological polar surface area (TPSA) is 100 Å². The predicted molar refractivity (Wildman–Crippen MR) is 81.6 cm³/mol. The van der Waals surface area contributed by atoms with Crippen LogP contribution in [0, 0.1) is 10.1 Å². The van der Waals surface area contributed by atoms with Gasteiger partial charge in [-0.2, -0.15) is 0 Å². The highest BCUT2D eigenvalue weighted by Crippen LogP contribution is 2.22. The van der Waals surface area contributed by atoms with Gasteiger partial charge in [-0.15, -0.1) is 0 Å². The van der Waals surface area contributed by atoms with Crippen LogP contribution >= 0.6 is 0 Å². The summed E-state index contributed by atoms with van der Waals surface area (Å²) in [6.07, 6.45) is 0.856. The number of hydrogen-bond donors (Lipinski definition) is 2. The second-order valence-electron chi connectivity index (χ2n) is 4.56. The van der Waals surface area contributed by atoms with Crippen molar-refractivity contribution in [2.75, 3.05) is 36.9 Å². The molecule has 1 amide bonds. The highest BCUT2D eigenvalue weighted by molar-refractivity contribution is 5.81. The maximum absolute atomic E-state index is 11.7. The van der Waals surface area contributed by atoms with E-state index < -0.39 is 4.92 Å². The molecule has 2 N–H and O–H groups in total. The van der Waals surface area contributed by atoms with E-state index in [1.54, 1.807) is 11.9 Å². The summed E-state index contributed by atoms with van der Waals surface area (Å²) in [6.45, 7) is 5.16. The van der Waals surface area contributed by atoms with Crippen LogP contribution in [-0.2, 0) is 4.79 Å². The molecule has 8 heteroatoms. The van der Waals surface area contributed by atoms with Crippen molar-refractivity contribution in [3.63, 3.8) is 0 Å². The minimum absolute atomic E-state index is 0.0585. The summed E-state index contributed by atoms with van der Waals surface area (Å²) in [6, 6.07) is 2.73. The van der Waals surface area contributed by atoms with E-state index in [-0.39, 0.29) is 18.1 Å². The van der Waals surface area contributed by atoms with Crippen molar-refractivity contribution >= 4 is 23.2 Å². The van der Waals surface area contributed by atoms with E-state index in [0.717, 1.165) is 6.42 Å². The van der Waals surface area contributed by atoms with Crippen LogP contribution in [0.1, 0.15) is 20.3 Å². The fraction of sp³-hybridized carbons (Fsp3) is 0.538. The molecule has 1 aromatic heterocycles. The zero-order chi connectivity index (χ0) is 15.8. The molecule has 0 aromatic carbocycles. The number of amides is 1. The van der Waals surface area contributed by atoms with Crippen LogP contribution in [0.4, 0.5) is 17.3 Å². The molecule has 0 saturated carbocycles. The number of nitro groups is 1. The third-order valence-corrected chi connectivity index (χ3v) is 2.71. The smallest absolute Gasteiger partial charge is 0.276 e. The number of nitrogens with one attached hydrogen (secondary N) is 2. The Morgan fingerprint density at radius 2 is 2.14 bits per heavy atom. The van der Waals surface area contributed by atoms with Crippen molar-refractivity contribution in [3.8, 4) is 0 Å². The van der Waals surface area contributed by atoms with Crippen molar-refractivity contribution in [1.82, 2.24) is 10.3 Å². The first-order chi connectivity index (χ1) is 9.97. The number of carbonyl (C=O) groups excluding carboxylic acids is 1. The third kappa shape index (κ3) is 5.25. The second kappa shape index (κ2) is 8.03. The van der Waals surface area contributed by atoms with Gasteiger partial charge >= 0.3 is 0 Å². The van der Waals surface area contributed by atoms with E-state index in [0.29, 0.717) is 24.7 Å². The number of pyridine rings is 1. The number of likely N-dealkylation sites (N-methyl/N-ethyl adjacent to an activating group) is 1. The average Bonchev–Trinajstić information content (AvgIpc) is 2.45. The molecule has 0 spiro atoms. The molecule has 0 radical (unpaired) electrons. The Hall–Kier alpha value is -2.38. The number of carbonyl (C=O) groups is 1. The maximum atomic E-state index is 11.7. The van der Waals surface area contributed by atoms with Crippen molar-refractivity contribution in [2.24, 2.45) is 0 Å². The van der Waals surface area contributed by atoms with Crippen LogP contribution in [0.5, 0.6) is 0 Å². The molecule has 0 atom stereocenters. The summed E-state index contributed by atoms with van der Waals surface area (Å²) < 4.78 is 0. The van der Waals surface area contributed by atoms with E-state index in [9.17, 15) is 14.9 Å². The van der Waals surface area contributed by atoms with Gasteiger partial charge in [0.15, 0.2) is 0 Å². The average molecular weight is 295 g/mol. The standard InChI is InChI=1S/C13H21N5O3/c1-4-6-15-13(19)9-17(3)12-8-10(18(20)21)7-11(16-12)14-5-2/h7-8H,4-6,9H2,1-3H3,(H,14,16)(H,15,19). The van der Waals surface area contributed by atoms with E-state index in [1.165, 1.54) is 12.1 Å². The van der Waals surface area contributed by atoms with Crippen molar-refractivity contribution < 1.29 is 9.72 Å². The van der Waals surface area contributed by atoms with Gasteiger partial charge in [0.05, 0.1) is 23.6 Å². The largest absolute Gasteiger partial charge is 0.370 e. The van der Waals surface area contributed by atoms with E-state index in [1.807, 2.05) is 13.8 Å². The number of hydrogen-bond acceptors (Lipinski definition) is 6. The molecule has 0 saturated heterocycles. The van der Waals surface area contributed by atoms with Gasteiger partial charge in [0, 0.05) is 20.1 Å². The van der Waals surface area contributed by atoms with Crippen molar-refractivity contribution in [2.45, 2.75) is 20.3 Å². The van der Waals surface area contributed by atoms with Crippen molar-refractivity contribution in [1.29, 1.82) is 0 Å². The van der Waals surface area contributed by atoms with E-state index in [4.69, 9.17) is 0 Å². The van der Waals surface area contributed by atoms with Gasteiger partial charge in [-0.05, 0) is 13.3 Å². The predicted octanol–water partition coefficient (Wildman–Crippen LogP) is 1.38. The Balaban J connectivity index is 2.89. The Morgan fingerprint density at radius 3 is 2.71 bits per heavy atom. The van der Waals surface area contributed by atoms with Crippen LogP contribution in [0.25, 0.3) is 0 Å². The fourth-order valence-electron chi connectivity index (χ4n) is 1.69. The fourth-order valence-corrected chi connectivity index (χ4v) is 1.69. The first-order valence-electron chi connectivity index (χ1n) is 6.86. The van der Waals surface area contributed by atoms with Gasteiger partial charge in [-0.25, -0.2) is 4.98 Å². The summed E-state index contributed by atoms with van der Waals surface area (Å²) in [5.74, 6) is 0.659. The molecule has 8 nitrogen and oxygen atoms in total. The first kappa shape index (κ1) is 16.7. The van der Waals surface area contributed by atoms with Gasteiger partial charge < -0.3 is 15.5 Å². The van der Waals surface area contributed by atoms with Gasteiger partial charge in [0.25, 0.3) is 5.69 Å². The van der Waals surface area contributed by atoms with Crippen LogP contribution in [0.15, 0.2) is 12.1 Å². The SMILES string of the molecule is CCCNC(=O)CN(C)c1cc([N+](=O)[O-])cc(NCC)n1. The van der Waals surface area contributed by atoms with Gasteiger partial charge in [0.2, 0.25) is 5.91 Å². The zero-order valence-electron chi connectivity index (χ0n) is 12.5. The normalized spacial score (nSPS) is 10.0. The number of aromatic nitrogens is 1. The Bertz CT molecular complexity index is 507. The Labute approximate surface area is 123 Å². The lowest BCUT2D eigenvalue weighted by atomic mass is 10.3. The summed E-state index contributed by atoms with van der Waals surface area (Å²) in [5.41, 5.74) is -0.0585. The molecule has 1 aromatic rings. The van der Waals surface area contributed by atoms with Crippen LogP contribution in [-0.4, -0.2) is 42.5 Å². The summed E-state index contributed by atoms with van der Waals surface area (Å²) >= 11 is 0. The second-order valence-corrected chi connectivity index (χ2v) is 4.56. The van der Waals surface area contributed by atoms with Crippen LogP contribution < -0.4 is 15.5 Å². The number of nitrogens with zero attached hydrogens (tertiary/aromatic N) is 3. The van der Waals surface area contributed by atoms with Crippen LogP contribution in [0.3, 0.4) is 0 Å². The molecule has 0 bridgehead atoms. The minimum atomic E-state index is -0.475. The summed E-state index contributed by atoms with van der Waals surface area (Å²) in [5, 5.41) is 16.6. The van der Waals surface area contributed by atoms with Gasteiger partial charge in [-0.1, -0.05) is 6.92 Å². The molecule has 0 aliphatic heterocycles. The maximum Gasteiger partial charge on any atom is 0.276 e. The van der Waals surface area contributed by atoms with Crippen molar-refractivity contribution in [3.05, 3.63) is 22.2 Å². The Kier molecular flexibility index (Phi) is 6.38. The lowest BCUT2D eigenvalue weighted by molar-refractivity contribution is -0.384. The molecular weight excluding hydrogens is 274 g/mol. The van der Waals surface area contributed by atoms with Gasteiger partial charge in [-0.3, -0.25) is 14.9 Å². The lowest BCUT2D eigenvalue weighted by Crippen LogP contribution is -2.35. The molecule has 0 fully saturated rings. The monoisotopic (exact) mass is 295 g/mol. The van der Waals surface area contributed by atoms with E-state index in [2.05, 4.69) is 15.6 Å². The highest BCUT2D eigenvalue weighted by atomic mass is 16.6.